The summed E-state index contributed by atoms with van der Waals surface area (Å²) in [6.07, 6.45) is 2.56. The molecular weight excluding hydrogens is 206 g/mol. The topological polar surface area (TPSA) is 33.1 Å². The van der Waals surface area contributed by atoms with Crippen LogP contribution in [0.1, 0.15) is 11.3 Å². The average Bonchev–Trinajstić information content (AvgIpc) is 1.99. The molecule has 1 aromatic heterocycles. The second-order valence-corrected chi connectivity index (χ2v) is 3.14. The minimum absolute atomic E-state index is 0.326. The molecule has 0 radical (unpaired) electrons. The van der Waals surface area contributed by atoms with E-state index < -0.39 is 0 Å². The molecule has 3 heteroatoms. The van der Waals surface area contributed by atoms with Gasteiger partial charge in [-0.25, -0.2) is 0 Å². The Morgan fingerprint density at radius 2 is 2.36 bits per heavy atom. The summed E-state index contributed by atoms with van der Waals surface area (Å²) in [5.74, 6) is 0.326. The molecule has 1 aromatic rings. The molecule has 2 nitrogen and oxygen atoms in total. The van der Waals surface area contributed by atoms with E-state index in [-0.39, 0.29) is 0 Å². The van der Waals surface area contributed by atoms with Gasteiger partial charge in [-0.2, -0.15) is 0 Å². The Hall–Kier alpha value is -0.570. The third kappa shape index (κ3) is 1.93. The molecule has 1 rings (SSSR count). The summed E-state index contributed by atoms with van der Waals surface area (Å²) in [5.41, 5.74) is 1.65. The van der Waals surface area contributed by atoms with Crippen LogP contribution in [0.2, 0.25) is 0 Å². The van der Waals surface area contributed by atoms with Gasteiger partial charge in [0, 0.05) is 11.5 Å². The van der Waals surface area contributed by atoms with E-state index in [0.29, 0.717) is 11.4 Å². The molecule has 0 atom stereocenters. The van der Waals surface area contributed by atoms with Gasteiger partial charge >= 0.3 is 0 Å². The van der Waals surface area contributed by atoms with Crippen molar-refractivity contribution in [3.8, 4) is 5.75 Å². The Morgan fingerprint density at radius 1 is 1.64 bits per heavy atom. The minimum atomic E-state index is 0.326. The predicted octanol–water partition coefficient (Wildman–Crippen LogP) is 2.03. The SMILES string of the molecule is Cc1nccc(CCBr)c1O. The molecule has 0 aliphatic carbocycles. The van der Waals surface area contributed by atoms with Crippen molar-refractivity contribution in [3.05, 3.63) is 23.5 Å². The average molecular weight is 216 g/mol. The quantitative estimate of drug-likeness (QED) is 0.767. The lowest BCUT2D eigenvalue weighted by Gasteiger charge is -2.02. The highest BCUT2D eigenvalue weighted by molar-refractivity contribution is 9.09. The van der Waals surface area contributed by atoms with Gasteiger partial charge in [0.25, 0.3) is 0 Å². The Bertz CT molecular complexity index is 250. The molecule has 0 spiro atoms. The molecular formula is C8H10BrNO. The zero-order valence-corrected chi connectivity index (χ0v) is 7.93. The van der Waals surface area contributed by atoms with Crippen LogP contribution in [-0.2, 0) is 6.42 Å². The molecule has 0 aliphatic rings. The van der Waals surface area contributed by atoms with Crippen molar-refractivity contribution >= 4 is 15.9 Å². The summed E-state index contributed by atoms with van der Waals surface area (Å²) in [6, 6.07) is 1.84. The molecule has 0 fully saturated rings. The number of aryl methyl sites for hydroxylation is 2. The Balaban J connectivity index is 2.96. The fourth-order valence-corrected chi connectivity index (χ4v) is 1.34. The maximum absolute atomic E-state index is 9.45. The zero-order valence-electron chi connectivity index (χ0n) is 6.34. The monoisotopic (exact) mass is 215 g/mol. The number of aromatic nitrogens is 1. The lowest BCUT2D eigenvalue weighted by molar-refractivity contribution is 0.461. The molecule has 1 N–H and O–H groups in total. The van der Waals surface area contributed by atoms with E-state index in [1.54, 1.807) is 13.1 Å². The normalized spacial score (nSPS) is 10.0. The van der Waals surface area contributed by atoms with Crippen LogP contribution in [0.25, 0.3) is 0 Å². The van der Waals surface area contributed by atoms with Crippen molar-refractivity contribution in [1.82, 2.24) is 4.98 Å². The molecule has 1 heterocycles. The van der Waals surface area contributed by atoms with Gasteiger partial charge < -0.3 is 5.11 Å². The molecule has 0 aromatic carbocycles. The highest BCUT2D eigenvalue weighted by Gasteiger charge is 2.02. The van der Waals surface area contributed by atoms with Crippen LogP contribution in [0.15, 0.2) is 12.3 Å². The fourth-order valence-electron chi connectivity index (χ4n) is 0.915. The van der Waals surface area contributed by atoms with Gasteiger partial charge in [0.05, 0.1) is 5.69 Å². The predicted molar refractivity (Wildman–Crippen MR) is 48.1 cm³/mol. The first-order valence-electron chi connectivity index (χ1n) is 3.45. The highest BCUT2D eigenvalue weighted by Crippen LogP contribution is 2.19. The van der Waals surface area contributed by atoms with Gasteiger partial charge in [-0.15, -0.1) is 0 Å². The van der Waals surface area contributed by atoms with Crippen molar-refractivity contribution < 1.29 is 5.11 Å². The smallest absolute Gasteiger partial charge is 0.139 e. The third-order valence-corrected chi connectivity index (χ3v) is 1.95. The molecule has 0 amide bonds. The van der Waals surface area contributed by atoms with Gasteiger partial charge in [-0.3, -0.25) is 4.98 Å². The minimum Gasteiger partial charge on any atom is -0.506 e. The summed E-state index contributed by atoms with van der Waals surface area (Å²) in [7, 11) is 0. The van der Waals surface area contributed by atoms with Gasteiger partial charge in [0.1, 0.15) is 5.75 Å². The lowest BCUT2D eigenvalue weighted by atomic mass is 10.1. The van der Waals surface area contributed by atoms with E-state index >= 15 is 0 Å². The van der Waals surface area contributed by atoms with E-state index in [4.69, 9.17) is 0 Å². The first-order valence-corrected chi connectivity index (χ1v) is 4.57. The van der Waals surface area contributed by atoms with Crippen molar-refractivity contribution in [2.75, 3.05) is 5.33 Å². The largest absolute Gasteiger partial charge is 0.506 e. The first kappa shape index (κ1) is 8.53. The van der Waals surface area contributed by atoms with Crippen LogP contribution in [0.4, 0.5) is 0 Å². The molecule has 60 valence electrons. The second-order valence-electron chi connectivity index (χ2n) is 2.34. The van der Waals surface area contributed by atoms with E-state index in [2.05, 4.69) is 20.9 Å². The van der Waals surface area contributed by atoms with Crippen LogP contribution >= 0.6 is 15.9 Å². The van der Waals surface area contributed by atoms with Gasteiger partial charge in [-0.05, 0) is 25.0 Å². The second kappa shape index (κ2) is 3.72. The summed E-state index contributed by atoms with van der Waals surface area (Å²) in [4.78, 5) is 3.96. The first-order chi connectivity index (χ1) is 5.25. The summed E-state index contributed by atoms with van der Waals surface area (Å²) in [6.45, 7) is 1.80. The Labute approximate surface area is 74.4 Å². The molecule has 0 unspecified atom stereocenters. The van der Waals surface area contributed by atoms with Gasteiger partial charge in [-0.1, -0.05) is 15.9 Å². The van der Waals surface area contributed by atoms with Gasteiger partial charge in [0.15, 0.2) is 0 Å². The van der Waals surface area contributed by atoms with Crippen LogP contribution in [0.5, 0.6) is 5.75 Å². The highest BCUT2D eigenvalue weighted by atomic mass is 79.9. The van der Waals surface area contributed by atoms with E-state index in [1.165, 1.54) is 0 Å². The van der Waals surface area contributed by atoms with Crippen LogP contribution < -0.4 is 0 Å². The molecule has 0 bridgehead atoms. The van der Waals surface area contributed by atoms with Crippen molar-refractivity contribution in [2.24, 2.45) is 0 Å². The lowest BCUT2D eigenvalue weighted by Crippen LogP contribution is -1.90. The van der Waals surface area contributed by atoms with Crippen molar-refractivity contribution in [2.45, 2.75) is 13.3 Å². The number of hydrogen-bond acceptors (Lipinski definition) is 2. The van der Waals surface area contributed by atoms with Crippen LogP contribution in [0.3, 0.4) is 0 Å². The maximum Gasteiger partial charge on any atom is 0.139 e. The molecule has 11 heavy (non-hydrogen) atoms. The third-order valence-electron chi connectivity index (χ3n) is 1.55. The summed E-state index contributed by atoms with van der Waals surface area (Å²) < 4.78 is 0. The number of alkyl halides is 1. The standard InChI is InChI=1S/C8H10BrNO/c1-6-8(11)7(2-4-9)3-5-10-6/h3,5,11H,2,4H2,1H3. The number of hydrogen-bond donors (Lipinski definition) is 1. The van der Waals surface area contributed by atoms with Crippen molar-refractivity contribution in [1.29, 1.82) is 0 Å². The van der Waals surface area contributed by atoms with Crippen LogP contribution in [-0.4, -0.2) is 15.4 Å². The zero-order chi connectivity index (χ0) is 8.27. The number of halogens is 1. The number of pyridine rings is 1. The summed E-state index contributed by atoms with van der Waals surface area (Å²) in [5, 5.41) is 10.3. The van der Waals surface area contributed by atoms with Crippen LogP contribution in [0, 0.1) is 6.92 Å². The van der Waals surface area contributed by atoms with Crippen molar-refractivity contribution in [3.63, 3.8) is 0 Å². The molecule has 0 aliphatic heterocycles. The van der Waals surface area contributed by atoms with E-state index in [9.17, 15) is 5.11 Å². The molecule has 0 saturated heterocycles. The van der Waals surface area contributed by atoms with Gasteiger partial charge in [0.2, 0.25) is 0 Å². The summed E-state index contributed by atoms with van der Waals surface area (Å²) >= 11 is 3.31. The number of rotatable bonds is 2. The van der Waals surface area contributed by atoms with E-state index in [0.717, 1.165) is 17.3 Å². The molecule has 0 saturated carbocycles. The fraction of sp³-hybridized carbons (Fsp3) is 0.375. The Morgan fingerprint density at radius 3 is 3.00 bits per heavy atom. The maximum atomic E-state index is 9.45. The Kier molecular flexibility index (Phi) is 2.88. The van der Waals surface area contributed by atoms with E-state index in [1.807, 2.05) is 6.07 Å². The number of nitrogens with zero attached hydrogens (tertiary/aromatic N) is 1. The number of aromatic hydroxyl groups is 1.